The van der Waals surface area contributed by atoms with Crippen molar-refractivity contribution in [1.29, 1.82) is 0 Å². The van der Waals surface area contributed by atoms with Crippen molar-refractivity contribution in [2.75, 3.05) is 40.5 Å². The monoisotopic (exact) mass is 407 g/mol. The maximum Gasteiger partial charge on any atom is 0.161 e. The predicted molar refractivity (Wildman–Crippen MR) is 109 cm³/mol. The molecule has 0 amide bonds. The van der Waals surface area contributed by atoms with Crippen LogP contribution in [-0.2, 0) is 0 Å². The van der Waals surface area contributed by atoms with Crippen molar-refractivity contribution >= 4 is 17.4 Å². The van der Waals surface area contributed by atoms with Gasteiger partial charge in [-0.15, -0.1) is 0 Å². The van der Waals surface area contributed by atoms with Gasteiger partial charge >= 0.3 is 0 Å². The Kier molecular flexibility index (Phi) is 8.57. The molecule has 1 atom stereocenters. The topological polar surface area (TPSA) is 68.2 Å². The molecule has 1 unspecified atom stereocenters. The number of halogens is 1. The van der Waals surface area contributed by atoms with E-state index in [9.17, 15) is 9.90 Å². The summed E-state index contributed by atoms with van der Waals surface area (Å²) in [5, 5.41) is 10.8. The van der Waals surface area contributed by atoms with Gasteiger partial charge in [0.1, 0.15) is 25.1 Å². The van der Waals surface area contributed by atoms with Crippen molar-refractivity contribution in [1.82, 2.24) is 4.90 Å². The third kappa shape index (κ3) is 6.71. The number of likely N-dealkylation sites (N-methyl/N-ethyl adjacent to an activating group) is 1. The first kappa shape index (κ1) is 22.0. The molecule has 0 saturated heterocycles. The van der Waals surface area contributed by atoms with Gasteiger partial charge in [0.2, 0.25) is 0 Å². The number of ketones is 1. The Bertz CT molecular complexity index is 783. The SMILES string of the molecule is COc1cc(C(C)=O)ccc1OCC(O)CN(C)CCOc1ccccc1Cl. The molecule has 0 heterocycles. The summed E-state index contributed by atoms with van der Waals surface area (Å²) in [7, 11) is 3.40. The lowest BCUT2D eigenvalue weighted by atomic mass is 10.1. The zero-order chi connectivity index (χ0) is 20.5. The average molecular weight is 408 g/mol. The number of para-hydroxylation sites is 1. The minimum absolute atomic E-state index is 0.0504. The second kappa shape index (κ2) is 10.9. The molecule has 1 N–H and O–H groups in total. The first-order valence-electron chi connectivity index (χ1n) is 8.96. The van der Waals surface area contributed by atoms with Gasteiger partial charge in [-0.2, -0.15) is 0 Å². The molecule has 152 valence electrons. The molecule has 6 nitrogen and oxygen atoms in total. The van der Waals surface area contributed by atoms with Gasteiger partial charge in [-0.1, -0.05) is 23.7 Å². The summed E-state index contributed by atoms with van der Waals surface area (Å²) in [6.07, 6.45) is -0.692. The number of aliphatic hydroxyl groups excluding tert-OH is 1. The lowest BCUT2D eigenvalue weighted by Crippen LogP contribution is -2.35. The summed E-state index contributed by atoms with van der Waals surface area (Å²) >= 11 is 6.05. The Morgan fingerprint density at radius 1 is 1.14 bits per heavy atom. The fourth-order valence-corrected chi connectivity index (χ4v) is 2.76. The van der Waals surface area contributed by atoms with Crippen LogP contribution in [0.4, 0.5) is 0 Å². The van der Waals surface area contributed by atoms with Crippen LogP contribution in [0.2, 0.25) is 5.02 Å². The second-order valence-corrected chi connectivity index (χ2v) is 6.83. The number of rotatable bonds is 11. The molecule has 2 rings (SSSR count). The van der Waals surface area contributed by atoms with E-state index in [1.54, 1.807) is 24.3 Å². The van der Waals surface area contributed by atoms with Crippen LogP contribution in [0, 0.1) is 0 Å². The van der Waals surface area contributed by atoms with Gasteiger partial charge in [0.05, 0.1) is 12.1 Å². The largest absolute Gasteiger partial charge is 0.493 e. The van der Waals surface area contributed by atoms with Gasteiger partial charge in [0.25, 0.3) is 0 Å². The second-order valence-electron chi connectivity index (χ2n) is 6.43. The molecule has 0 aliphatic carbocycles. The number of carbonyl (C=O) groups excluding carboxylic acids is 1. The van der Waals surface area contributed by atoms with Crippen LogP contribution in [0.1, 0.15) is 17.3 Å². The maximum absolute atomic E-state index is 11.4. The van der Waals surface area contributed by atoms with E-state index in [1.807, 2.05) is 30.1 Å². The summed E-state index contributed by atoms with van der Waals surface area (Å²) in [5.41, 5.74) is 0.544. The van der Waals surface area contributed by atoms with E-state index >= 15 is 0 Å². The molecule has 0 aliphatic heterocycles. The van der Waals surface area contributed by atoms with E-state index in [4.69, 9.17) is 25.8 Å². The number of hydrogen-bond donors (Lipinski definition) is 1. The normalized spacial score (nSPS) is 11.9. The first-order chi connectivity index (χ1) is 13.4. The van der Waals surface area contributed by atoms with Crippen molar-refractivity contribution < 1.29 is 24.1 Å². The molecule has 28 heavy (non-hydrogen) atoms. The highest BCUT2D eigenvalue weighted by Crippen LogP contribution is 2.28. The average Bonchev–Trinajstić information content (AvgIpc) is 2.67. The molecule has 0 radical (unpaired) electrons. The number of hydrogen-bond acceptors (Lipinski definition) is 6. The molecule has 2 aromatic rings. The minimum Gasteiger partial charge on any atom is -0.493 e. The highest BCUT2D eigenvalue weighted by atomic mass is 35.5. The van der Waals surface area contributed by atoms with E-state index in [0.717, 1.165) is 0 Å². The number of carbonyl (C=O) groups is 1. The summed E-state index contributed by atoms with van der Waals surface area (Å²) in [4.78, 5) is 13.4. The Labute approximate surface area is 170 Å². The van der Waals surface area contributed by atoms with Crippen molar-refractivity contribution in [3.63, 3.8) is 0 Å². The molecule has 0 spiro atoms. The molecule has 0 bridgehead atoms. The van der Waals surface area contributed by atoms with E-state index in [2.05, 4.69) is 0 Å². The van der Waals surface area contributed by atoms with Gasteiger partial charge < -0.3 is 24.2 Å². The lowest BCUT2D eigenvalue weighted by molar-refractivity contribution is 0.0712. The van der Waals surface area contributed by atoms with E-state index in [-0.39, 0.29) is 12.4 Å². The smallest absolute Gasteiger partial charge is 0.161 e. The Morgan fingerprint density at radius 2 is 1.89 bits per heavy atom. The fraction of sp³-hybridized carbons (Fsp3) is 0.381. The number of methoxy groups -OCH3 is 1. The highest BCUT2D eigenvalue weighted by Gasteiger charge is 2.13. The summed E-state index contributed by atoms with van der Waals surface area (Å²) in [5.74, 6) is 1.53. The van der Waals surface area contributed by atoms with Crippen LogP contribution < -0.4 is 14.2 Å². The highest BCUT2D eigenvalue weighted by molar-refractivity contribution is 6.32. The van der Waals surface area contributed by atoms with Crippen LogP contribution in [-0.4, -0.2) is 62.4 Å². The Balaban J connectivity index is 1.76. The zero-order valence-corrected chi connectivity index (χ0v) is 17.1. The van der Waals surface area contributed by atoms with Crippen molar-refractivity contribution in [2.24, 2.45) is 0 Å². The third-order valence-electron chi connectivity index (χ3n) is 4.09. The quantitative estimate of drug-likeness (QED) is 0.576. The standard InChI is InChI=1S/C21H26ClNO5/c1-15(24)16-8-9-20(21(12-16)26-3)28-14-17(25)13-23(2)10-11-27-19-7-5-4-6-18(19)22/h4-9,12,17,25H,10-11,13-14H2,1-3H3. The van der Waals surface area contributed by atoms with Crippen LogP contribution >= 0.6 is 11.6 Å². The third-order valence-corrected chi connectivity index (χ3v) is 4.40. The van der Waals surface area contributed by atoms with Crippen LogP contribution in [0.15, 0.2) is 42.5 Å². The number of nitrogens with zero attached hydrogens (tertiary/aromatic N) is 1. The number of benzene rings is 2. The van der Waals surface area contributed by atoms with E-state index in [0.29, 0.717) is 47.5 Å². The van der Waals surface area contributed by atoms with Crippen LogP contribution in [0.25, 0.3) is 0 Å². The summed E-state index contributed by atoms with van der Waals surface area (Å²) < 4.78 is 16.6. The lowest BCUT2D eigenvalue weighted by Gasteiger charge is -2.21. The Hall–Kier alpha value is -2.28. The molecular formula is C21H26ClNO5. The van der Waals surface area contributed by atoms with Gasteiger partial charge in [-0.05, 0) is 44.3 Å². The van der Waals surface area contributed by atoms with Gasteiger partial charge in [0.15, 0.2) is 17.3 Å². The molecule has 0 saturated carbocycles. The van der Waals surface area contributed by atoms with E-state index < -0.39 is 6.10 Å². The molecule has 0 fully saturated rings. The van der Waals surface area contributed by atoms with Crippen molar-refractivity contribution in [3.8, 4) is 17.2 Å². The zero-order valence-electron chi connectivity index (χ0n) is 16.4. The predicted octanol–water partition coefficient (Wildman–Crippen LogP) is 3.30. The molecule has 0 aromatic heterocycles. The minimum atomic E-state index is -0.692. The van der Waals surface area contributed by atoms with Gasteiger partial charge in [-0.25, -0.2) is 0 Å². The molecule has 0 aliphatic rings. The summed E-state index contributed by atoms with van der Waals surface area (Å²) in [6.45, 7) is 3.09. The van der Waals surface area contributed by atoms with E-state index in [1.165, 1.54) is 14.0 Å². The number of ether oxygens (including phenoxy) is 3. The number of aliphatic hydroxyl groups is 1. The Morgan fingerprint density at radius 3 is 2.57 bits per heavy atom. The molecular weight excluding hydrogens is 382 g/mol. The molecule has 2 aromatic carbocycles. The van der Waals surface area contributed by atoms with Gasteiger partial charge in [-0.3, -0.25) is 4.79 Å². The fourth-order valence-electron chi connectivity index (χ4n) is 2.57. The van der Waals surface area contributed by atoms with Crippen LogP contribution in [0.3, 0.4) is 0 Å². The van der Waals surface area contributed by atoms with Gasteiger partial charge in [0, 0.05) is 18.7 Å². The maximum atomic E-state index is 11.4. The first-order valence-corrected chi connectivity index (χ1v) is 9.34. The molecule has 7 heteroatoms. The summed E-state index contributed by atoms with van der Waals surface area (Å²) in [6, 6.07) is 12.3. The van der Waals surface area contributed by atoms with Crippen molar-refractivity contribution in [2.45, 2.75) is 13.0 Å². The number of Topliss-reactive ketones (excluding diaryl/α,β-unsaturated/α-hetero) is 1. The van der Waals surface area contributed by atoms with Crippen LogP contribution in [0.5, 0.6) is 17.2 Å². The van der Waals surface area contributed by atoms with Crippen molar-refractivity contribution in [3.05, 3.63) is 53.1 Å².